The number of aromatic nitrogens is 2. The number of aryl methyl sites for hydroxylation is 1. The van der Waals surface area contributed by atoms with Gasteiger partial charge >= 0.3 is 0 Å². The van der Waals surface area contributed by atoms with Gasteiger partial charge in [-0.3, -0.25) is 9.67 Å². The second-order valence-corrected chi connectivity index (χ2v) is 5.75. The Hall–Kier alpha value is -1.64. The smallest absolute Gasteiger partial charge is 0.193 e. The van der Waals surface area contributed by atoms with Gasteiger partial charge in [-0.1, -0.05) is 0 Å². The van der Waals surface area contributed by atoms with Crippen molar-refractivity contribution in [1.82, 2.24) is 20.0 Å². The van der Waals surface area contributed by atoms with E-state index in [-0.39, 0.29) is 12.2 Å². The fourth-order valence-electron chi connectivity index (χ4n) is 2.84. The average Bonchev–Trinajstić information content (AvgIpc) is 3.03. The zero-order valence-corrected chi connectivity index (χ0v) is 13.8. The van der Waals surface area contributed by atoms with Crippen LogP contribution in [-0.2, 0) is 21.3 Å². The minimum Gasteiger partial charge on any atom is -0.376 e. The third-order valence-corrected chi connectivity index (χ3v) is 4.05. The van der Waals surface area contributed by atoms with Gasteiger partial charge in [-0.05, 0) is 0 Å². The molecule has 0 aliphatic carbocycles. The summed E-state index contributed by atoms with van der Waals surface area (Å²) in [6, 6.07) is 0. The molecule has 3 rings (SSSR count). The number of nitrogens with one attached hydrogen (secondary N) is 1. The summed E-state index contributed by atoms with van der Waals surface area (Å²) >= 11 is 0. The normalized spacial score (nSPS) is 26.3. The molecule has 1 N–H and O–H groups in total. The van der Waals surface area contributed by atoms with E-state index < -0.39 is 0 Å². The minimum atomic E-state index is 0.0188. The van der Waals surface area contributed by atoms with Crippen molar-refractivity contribution in [3.05, 3.63) is 18.0 Å². The third-order valence-electron chi connectivity index (χ3n) is 4.05. The summed E-state index contributed by atoms with van der Waals surface area (Å²) in [6.45, 7) is 4.91. The Kier molecular flexibility index (Phi) is 5.47. The van der Waals surface area contributed by atoms with Crippen LogP contribution in [0.25, 0.3) is 0 Å². The summed E-state index contributed by atoms with van der Waals surface area (Å²) in [7, 11) is 3.71. The van der Waals surface area contributed by atoms with Crippen molar-refractivity contribution >= 4 is 5.96 Å². The quantitative estimate of drug-likeness (QED) is 0.613. The molecule has 0 amide bonds. The summed E-state index contributed by atoms with van der Waals surface area (Å²) in [4.78, 5) is 6.60. The van der Waals surface area contributed by atoms with Crippen LogP contribution in [-0.4, -0.2) is 79.9 Å². The van der Waals surface area contributed by atoms with Crippen molar-refractivity contribution in [2.24, 2.45) is 12.0 Å². The summed E-state index contributed by atoms with van der Waals surface area (Å²) in [5.74, 6) is 0.872. The van der Waals surface area contributed by atoms with Crippen LogP contribution in [0.15, 0.2) is 17.4 Å². The molecule has 2 aliphatic heterocycles. The molecule has 2 aliphatic rings. The highest BCUT2D eigenvalue weighted by atomic mass is 16.6. The predicted molar refractivity (Wildman–Crippen MR) is 85.4 cm³/mol. The lowest BCUT2D eigenvalue weighted by Crippen LogP contribution is -2.50. The molecule has 1 aromatic heterocycles. The molecule has 23 heavy (non-hydrogen) atoms. The zero-order chi connectivity index (χ0) is 16.1. The first-order chi connectivity index (χ1) is 11.3. The van der Waals surface area contributed by atoms with Crippen LogP contribution in [0.3, 0.4) is 0 Å². The van der Waals surface area contributed by atoms with Gasteiger partial charge < -0.3 is 24.4 Å². The average molecular weight is 323 g/mol. The van der Waals surface area contributed by atoms with Gasteiger partial charge in [-0.2, -0.15) is 5.10 Å². The Labute approximate surface area is 136 Å². The molecule has 128 valence electrons. The van der Waals surface area contributed by atoms with Crippen LogP contribution in [0.2, 0.25) is 0 Å². The maximum atomic E-state index is 5.87. The van der Waals surface area contributed by atoms with E-state index in [1.165, 1.54) is 0 Å². The van der Waals surface area contributed by atoms with Crippen LogP contribution in [0.1, 0.15) is 11.7 Å². The van der Waals surface area contributed by atoms with E-state index in [1.54, 1.807) is 11.7 Å². The van der Waals surface area contributed by atoms with E-state index in [4.69, 9.17) is 14.2 Å². The zero-order valence-electron chi connectivity index (χ0n) is 13.8. The maximum Gasteiger partial charge on any atom is 0.193 e. The number of nitrogens with zero attached hydrogens (tertiary/aromatic N) is 4. The van der Waals surface area contributed by atoms with Crippen molar-refractivity contribution in [2.45, 2.75) is 12.2 Å². The molecule has 2 atom stereocenters. The molecule has 2 saturated heterocycles. The highest BCUT2D eigenvalue weighted by Crippen LogP contribution is 2.21. The Morgan fingerprint density at radius 2 is 2.30 bits per heavy atom. The van der Waals surface area contributed by atoms with Gasteiger partial charge in [-0.15, -0.1) is 0 Å². The molecule has 0 saturated carbocycles. The fraction of sp³-hybridized carbons (Fsp3) is 0.733. The van der Waals surface area contributed by atoms with E-state index in [1.807, 2.05) is 19.4 Å². The van der Waals surface area contributed by atoms with Crippen LogP contribution in [0.5, 0.6) is 0 Å². The lowest BCUT2D eigenvalue weighted by molar-refractivity contribution is -0.0853. The Morgan fingerprint density at radius 3 is 3.00 bits per heavy atom. The Bertz CT molecular complexity index is 527. The number of hydrogen-bond acceptors (Lipinski definition) is 5. The lowest BCUT2D eigenvalue weighted by Gasteiger charge is -2.35. The van der Waals surface area contributed by atoms with Gasteiger partial charge in [-0.25, -0.2) is 0 Å². The molecule has 0 radical (unpaired) electrons. The number of rotatable bonds is 3. The number of morpholine rings is 1. The van der Waals surface area contributed by atoms with Crippen molar-refractivity contribution in [1.29, 1.82) is 0 Å². The standard InChI is InChI=1S/C15H25N5O3/c1-16-15(17-8-13-11-21-5-6-22-13)20-3-4-23-14(10-20)12-7-18-19(2)9-12/h7,9,13-14H,3-6,8,10-11H2,1-2H3,(H,16,17). The van der Waals surface area contributed by atoms with E-state index in [0.717, 1.165) is 24.6 Å². The molecule has 1 aromatic rings. The molecule has 0 spiro atoms. The van der Waals surface area contributed by atoms with Gasteiger partial charge in [0.2, 0.25) is 0 Å². The van der Waals surface area contributed by atoms with Crippen molar-refractivity contribution in [2.75, 3.05) is 53.1 Å². The lowest BCUT2D eigenvalue weighted by atomic mass is 10.1. The van der Waals surface area contributed by atoms with Gasteiger partial charge in [0.15, 0.2) is 5.96 Å². The Morgan fingerprint density at radius 1 is 1.39 bits per heavy atom. The van der Waals surface area contributed by atoms with Crippen LogP contribution >= 0.6 is 0 Å². The molecule has 2 fully saturated rings. The maximum absolute atomic E-state index is 5.87. The van der Waals surface area contributed by atoms with Gasteiger partial charge in [0.25, 0.3) is 0 Å². The topological polar surface area (TPSA) is 73.1 Å². The second-order valence-electron chi connectivity index (χ2n) is 5.75. The van der Waals surface area contributed by atoms with E-state index >= 15 is 0 Å². The van der Waals surface area contributed by atoms with Crippen LogP contribution < -0.4 is 5.32 Å². The summed E-state index contributed by atoms with van der Waals surface area (Å²) < 4.78 is 18.8. The summed E-state index contributed by atoms with van der Waals surface area (Å²) in [6.07, 6.45) is 3.95. The molecule has 8 heteroatoms. The summed E-state index contributed by atoms with van der Waals surface area (Å²) in [5.41, 5.74) is 1.09. The van der Waals surface area contributed by atoms with E-state index in [9.17, 15) is 0 Å². The monoisotopic (exact) mass is 323 g/mol. The third kappa shape index (κ3) is 4.21. The first-order valence-corrected chi connectivity index (χ1v) is 8.01. The molecular formula is C15H25N5O3. The highest BCUT2D eigenvalue weighted by Gasteiger charge is 2.25. The van der Waals surface area contributed by atoms with Crippen molar-refractivity contribution in [3.63, 3.8) is 0 Å². The molecule has 3 heterocycles. The number of hydrogen-bond donors (Lipinski definition) is 1. The van der Waals surface area contributed by atoms with Crippen molar-refractivity contribution < 1.29 is 14.2 Å². The highest BCUT2D eigenvalue weighted by molar-refractivity contribution is 5.80. The molecule has 8 nitrogen and oxygen atoms in total. The number of aliphatic imine (C=N–C) groups is 1. The first kappa shape index (κ1) is 16.2. The fourth-order valence-corrected chi connectivity index (χ4v) is 2.84. The number of guanidine groups is 1. The molecule has 2 unspecified atom stereocenters. The van der Waals surface area contributed by atoms with Crippen LogP contribution in [0, 0.1) is 0 Å². The molecule has 0 aromatic carbocycles. The van der Waals surface area contributed by atoms with Crippen molar-refractivity contribution in [3.8, 4) is 0 Å². The Balaban J connectivity index is 1.55. The minimum absolute atomic E-state index is 0.0188. The van der Waals surface area contributed by atoms with E-state index in [0.29, 0.717) is 33.0 Å². The van der Waals surface area contributed by atoms with Gasteiger partial charge in [0, 0.05) is 38.9 Å². The number of ether oxygens (including phenoxy) is 3. The second kappa shape index (κ2) is 7.76. The molecular weight excluding hydrogens is 298 g/mol. The largest absolute Gasteiger partial charge is 0.376 e. The SMILES string of the molecule is CN=C(NCC1COCCO1)N1CCOC(c2cnn(C)c2)C1. The van der Waals surface area contributed by atoms with E-state index in [2.05, 4.69) is 20.3 Å². The van der Waals surface area contributed by atoms with Gasteiger partial charge in [0.05, 0.1) is 45.3 Å². The summed E-state index contributed by atoms with van der Waals surface area (Å²) in [5, 5.41) is 7.60. The van der Waals surface area contributed by atoms with Gasteiger partial charge in [0.1, 0.15) is 6.10 Å². The predicted octanol–water partition coefficient (Wildman–Crippen LogP) is -0.216. The molecule has 0 bridgehead atoms. The van der Waals surface area contributed by atoms with Crippen LogP contribution in [0.4, 0.5) is 0 Å². The first-order valence-electron chi connectivity index (χ1n) is 8.01.